The van der Waals surface area contributed by atoms with Gasteiger partial charge in [0, 0.05) is 22.9 Å². The maximum absolute atomic E-state index is 11.7. The first-order chi connectivity index (χ1) is 9.27. The van der Waals surface area contributed by atoms with Crippen LogP contribution in [0.15, 0.2) is 18.2 Å². The van der Waals surface area contributed by atoms with E-state index in [0.717, 1.165) is 0 Å². The molecular formula is C14H17Cl2NO3. The first-order valence-corrected chi connectivity index (χ1v) is 7.00. The highest BCUT2D eigenvalue weighted by Gasteiger charge is 2.21. The molecule has 1 aromatic rings. The van der Waals surface area contributed by atoms with Crippen LogP contribution in [0.3, 0.4) is 0 Å². The lowest BCUT2D eigenvalue weighted by molar-refractivity contribution is -0.141. The summed E-state index contributed by atoms with van der Waals surface area (Å²) in [6.45, 7) is 3.79. The fourth-order valence-electron chi connectivity index (χ4n) is 1.79. The monoisotopic (exact) mass is 317 g/mol. The Morgan fingerprint density at radius 1 is 1.20 bits per heavy atom. The first-order valence-electron chi connectivity index (χ1n) is 6.25. The number of carbonyl (C=O) groups is 2. The molecule has 4 nitrogen and oxygen atoms in total. The van der Waals surface area contributed by atoms with E-state index < -0.39 is 12.0 Å². The molecule has 0 spiro atoms. The molecule has 110 valence electrons. The van der Waals surface area contributed by atoms with Gasteiger partial charge in [-0.1, -0.05) is 37.0 Å². The Balaban J connectivity index is 2.77. The van der Waals surface area contributed by atoms with Gasteiger partial charge in [-0.25, -0.2) is 4.79 Å². The summed E-state index contributed by atoms with van der Waals surface area (Å²) in [6.07, 6.45) is 0.430. The number of hydrogen-bond acceptors (Lipinski definition) is 2. The molecule has 0 aliphatic rings. The van der Waals surface area contributed by atoms with Gasteiger partial charge in [-0.2, -0.15) is 0 Å². The highest BCUT2D eigenvalue weighted by molar-refractivity contribution is 6.34. The van der Waals surface area contributed by atoms with E-state index in [1.54, 1.807) is 18.2 Å². The van der Waals surface area contributed by atoms with Crippen molar-refractivity contribution < 1.29 is 14.7 Å². The minimum absolute atomic E-state index is 0.138. The molecule has 0 aliphatic heterocycles. The van der Waals surface area contributed by atoms with Crippen LogP contribution in [-0.2, 0) is 16.0 Å². The third-order valence-corrected chi connectivity index (χ3v) is 3.03. The molecule has 2 N–H and O–H groups in total. The zero-order valence-electron chi connectivity index (χ0n) is 11.3. The highest BCUT2D eigenvalue weighted by Crippen LogP contribution is 2.20. The third-order valence-electron chi connectivity index (χ3n) is 2.59. The van der Waals surface area contributed by atoms with E-state index >= 15 is 0 Å². The number of carboxylic acid groups (broad SMARTS) is 1. The van der Waals surface area contributed by atoms with Crippen molar-refractivity contribution in [2.75, 3.05) is 0 Å². The summed E-state index contributed by atoms with van der Waals surface area (Å²) in [5.41, 5.74) is 0.666. The molecule has 6 heteroatoms. The predicted octanol–water partition coefficient (Wildman–Crippen LogP) is 3.15. The SMILES string of the molecule is CC(C)CC(=O)NC(Cc1cc(Cl)cc(Cl)c1)C(=O)O. The summed E-state index contributed by atoms with van der Waals surface area (Å²) in [6, 6.07) is 3.85. The van der Waals surface area contributed by atoms with Gasteiger partial charge >= 0.3 is 5.97 Å². The zero-order valence-corrected chi connectivity index (χ0v) is 12.8. The summed E-state index contributed by atoms with van der Waals surface area (Å²) < 4.78 is 0. The normalized spacial score (nSPS) is 12.2. The molecule has 0 radical (unpaired) electrons. The molecule has 1 atom stereocenters. The first kappa shape index (κ1) is 16.8. The average molecular weight is 318 g/mol. The second kappa shape index (κ2) is 7.50. The van der Waals surface area contributed by atoms with Gasteiger partial charge in [-0.15, -0.1) is 0 Å². The summed E-state index contributed by atoms with van der Waals surface area (Å²) in [7, 11) is 0. The van der Waals surface area contributed by atoms with E-state index in [1.807, 2.05) is 13.8 Å². The molecule has 0 saturated heterocycles. The lowest BCUT2D eigenvalue weighted by Crippen LogP contribution is -2.42. The average Bonchev–Trinajstić information content (AvgIpc) is 2.25. The van der Waals surface area contributed by atoms with Crippen LogP contribution in [0, 0.1) is 5.92 Å². The van der Waals surface area contributed by atoms with Gasteiger partial charge in [0.25, 0.3) is 0 Å². The second-order valence-corrected chi connectivity index (χ2v) is 5.91. The van der Waals surface area contributed by atoms with Gasteiger partial charge in [0.15, 0.2) is 0 Å². The zero-order chi connectivity index (χ0) is 15.3. The van der Waals surface area contributed by atoms with Crippen LogP contribution < -0.4 is 5.32 Å². The van der Waals surface area contributed by atoms with Gasteiger partial charge in [-0.3, -0.25) is 4.79 Å². The van der Waals surface area contributed by atoms with E-state index in [4.69, 9.17) is 23.2 Å². The van der Waals surface area contributed by atoms with Crippen molar-refractivity contribution in [1.29, 1.82) is 0 Å². The topological polar surface area (TPSA) is 66.4 Å². The van der Waals surface area contributed by atoms with Gasteiger partial charge in [0.1, 0.15) is 6.04 Å². The minimum atomic E-state index is -1.08. The van der Waals surface area contributed by atoms with Crippen LogP contribution >= 0.6 is 23.2 Å². The molecule has 0 aromatic heterocycles. The molecule has 1 rings (SSSR count). The molecule has 1 amide bonds. The fraction of sp³-hybridized carbons (Fsp3) is 0.429. The second-order valence-electron chi connectivity index (χ2n) is 5.04. The number of benzene rings is 1. The number of carbonyl (C=O) groups excluding carboxylic acids is 1. The number of halogens is 2. The number of nitrogens with one attached hydrogen (secondary N) is 1. The number of aliphatic carboxylic acids is 1. The summed E-state index contributed by atoms with van der Waals surface area (Å²) in [4.78, 5) is 22.9. The maximum Gasteiger partial charge on any atom is 0.326 e. The van der Waals surface area contributed by atoms with Gasteiger partial charge < -0.3 is 10.4 Å². The Morgan fingerprint density at radius 2 is 1.75 bits per heavy atom. The van der Waals surface area contributed by atoms with E-state index in [0.29, 0.717) is 22.0 Å². The van der Waals surface area contributed by atoms with Gasteiger partial charge in [0.05, 0.1) is 0 Å². The number of rotatable bonds is 6. The summed E-state index contributed by atoms with van der Waals surface area (Å²) >= 11 is 11.7. The van der Waals surface area contributed by atoms with Crippen molar-refractivity contribution in [2.24, 2.45) is 5.92 Å². The molecule has 0 saturated carbocycles. The molecule has 20 heavy (non-hydrogen) atoms. The van der Waals surface area contributed by atoms with Crippen LogP contribution in [0.1, 0.15) is 25.8 Å². The maximum atomic E-state index is 11.7. The fourth-order valence-corrected chi connectivity index (χ4v) is 2.36. The van der Waals surface area contributed by atoms with Crippen molar-refractivity contribution in [2.45, 2.75) is 32.7 Å². The van der Waals surface area contributed by atoms with E-state index in [-0.39, 0.29) is 18.2 Å². The Hall–Kier alpha value is -1.26. The Bertz CT molecular complexity index is 483. The van der Waals surface area contributed by atoms with Crippen molar-refractivity contribution in [3.8, 4) is 0 Å². The standard InChI is InChI=1S/C14H17Cl2NO3/c1-8(2)3-13(18)17-12(14(19)20)6-9-4-10(15)7-11(16)5-9/h4-5,7-8,12H,3,6H2,1-2H3,(H,17,18)(H,19,20). The molecule has 1 aromatic carbocycles. The minimum Gasteiger partial charge on any atom is -0.480 e. The lowest BCUT2D eigenvalue weighted by Gasteiger charge is -2.16. The Morgan fingerprint density at radius 3 is 2.20 bits per heavy atom. The van der Waals surface area contributed by atoms with E-state index in [1.165, 1.54) is 0 Å². The van der Waals surface area contributed by atoms with Crippen molar-refractivity contribution in [3.05, 3.63) is 33.8 Å². The smallest absolute Gasteiger partial charge is 0.326 e. The van der Waals surface area contributed by atoms with Gasteiger partial charge in [0.2, 0.25) is 5.91 Å². The third kappa shape index (κ3) is 5.80. The summed E-state index contributed by atoms with van der Waals surface area (Å²) in [5.74, 6) is -1.19. The highest BCUT2D eigenvalue weighted by atomic mass is 35.5. The van der Waals surface area contributed by atoms with Crippen LogP contribution in [-0.4, -0.2) is 23.0 Å². The quantitative estimate of drug-likeness (QED) is 0.847. The molecular weight excluding hydrogens is 301 g/mol. The molecule has 1 unspecified atom stereocenters. The molecule has 0 bridgehead atoms. The lowest BCUT2D eigenvalue weighted by atomic mass is 10.0. The van der Waals surface area contributed by atoms with E-state index in [2.05, 4.69) is 5.32 Å². The van der Waals surface area contributed by atoms with Crippen LogP contribution in [0.2, 0.25) is 10.0 Å². The van der Waals surface area contributed by atoms with Crippen molar-refractivity contribution in [1.82, 2.24) is 5.32 Å². The number of amides is 1. The Labute approximate surface area is 128 Å². The van der Waals surface area contributed by atoms with Crippen molar-refractivity contribution >= 4 is 35.1 Å². The van der Waals surface area contributed by atoms with Crippen LogP contribution in [0.4, 0.5) is 0 Å². The Kier molecular flexibility index (Phi) is 6.30. The van der Waals surface area contributed by atoms with Crippen LogP contribution in [0.25, 0.3) is 0 Å². The predicted molar refractivity (Wildman–Crippen MR) is 79.2 cm³/mol. The van der Waals surface area contributed by atoms with Gasteiger partial charge in [-0.05, 0) is 29.7 Å². The van der Waals surface area contributed by atoms with Crippen molar-refractivity contribution in [3.63, 3.8) is 0 Å². The molecule has 0 heterocycles. The number of carboxylic acids is 1. The summed E-state index contributed by atoms with van der Waals surface area (Å²) in [5, 5.41) is 12.6. The van der Waals surface area contributed by atoms with Crippen LogP contribution in [0.5, 0.6) is 0 Å². The largest absolute Gasteiger partial charge is 0.480 e. The van der Waals surface area contributed by atoms with E-state index in [9.17, 15) is 14.7 Å². The number of hydrogen-bond donors (Lipinski definition) is 2. The molecule has 0 fully saturated rings. The molecule has 0 aliphatic carbocycles.